The van der Waals surface area contributed by atoms with Gasteiger partial charge in [-0.15, -0.1) is 0 Å². The topological polar surface area (TPSA) is 114 Å². The largest absolute Gasteiger partial charge is 0.464 e. The highest BCUT2D eigenvalue weighted by Gasteiger charge is 2.21. The van der Waals surface area contributed by atoms with Gasteiger partial charge in [0.1, 0.15) is 0 Å². The summed E-state index contributed by atoms with van der Waals surface area (Å²) in [6, 6.07) is 15.4. The summed E-state index contributed by atoms with van der Waals surface area (Å²) in [4.78, 5) is 26.2. The normalized spacial score (nSPS) is 10.9. The molecule has 2 N–H and O–H groups in total. The van der Waals surface area contributed by atoms with E-state index in [-0.39, 0.29) is 5.69 Å². The zero-order chi connectivity index (χ0) is 21.8. The van der Waals surface area contributed by atoms with E-state index in [1.165, 1.54) is 7.11 Å². The van der Waals surface area contributed by atoms with Gasteiger partial charge in [0.2, 0.25) is 0 Å². The average molecular weight is 418 g/mol. The Morgan fingerprint density at radius 3 is 2.42 bits per heavy atom. The minimum absolute atomic E-state index is 0.280. The van der Waals surface area contributed by atoms with Crippen molar-refractivity contribution in [3.63, 3.8) is 0 Å². The van der Waals surface area contributed by atoms with E-state index in [9.17, 15) is 9.59 Å². The van der Waals surface area contributed by atoms with Crippen LogP contribution in [0, 0.1) is 0 Å². The molecule has 4 rings (SSSR count). The van der Waals surface area contributed by atoms with E-state index in [2.05, 4.69) is 31.8 Å². The number of esters is 1. The van der Waals surface area contributed by atoms with Gasteiger partial charge in [-0.05, 0) is 29.5 Å². The van der Waals surface area contributed by atoms with Gasteiger partial charge in [0, 0.05) is 16.8 Å². The summed E-state index contributed by atoms with van der Waals surface area (Å²) < 4.78 is 9.56. The Hall–Kier alpha value is -3.94. The van der Waals surface area contributed by atoms with Gasteiger partial charge in [0.05, 0.1) is 7.11 Å². The second-order valence-corrected chi connectivity index (χ2v) is 7.09. The lowest BCUT2D eigenvalue weighted by molar-refractivity contribution is 0.0595. The fourth-order valence-electron chi connectivity index (χ4n) is 3.57. The van der Waals surface area contributed by atoms with Gasteiger partial charge in [0.15, 0.2) is 11.5 Å². The van der Waals surface area contributed by atoms with E-state index in [1.54, 1.807) is 0 Å². The van der Waals surface area contributed by atoms with Crippen LogP contribution in [0.3, 0.4) is 0 Å². The van der Waals surface area contributed by atoms with Crippen molar-refractivity contribution in [3.05, 3.63) is 70.5 Å². The number of benzene rings is 2. The molecule has 0 unspecified atom stereocenters. The van der Waals surface area contributed by atoms with Crippen molar-refractivity contribution in [2.75, 3.05) is 7.11 Å². The number of carbonyl (C=O) groups excluding carboxylic acids is 1. The fourth-order valence-corrected chi connectivity index (χ4v) is 3.57. The summed E-state index contributed by atoms with van der Waals surface area (Å²) in [5.41, 5.74) is 5.41. The lowest BCUT2D eigenvalue weighted by Crippen LogP contribution is -2.04. The van der Waals surface area contributed by atoms with Gasteiger partial charge in [-0.2, -0.15) is 5.10 Å². The van der Waals surface area contributed by atoms with E-state index < -0.39 is 11.7 Å². The number of nitrogens with one attached hydrogen (secondary N) is 2. The smallest absolute Gasteiger partial charge is 0.439 e. The van der Waals surface area contributed by atoms with Crippen molar-refractivity contribution in [2.45, 2.75) is 26.2 Å². The Bertz CT molecular complexity index is 1250. The van der Waals surface area contributed by atoms with E-state index in [1.807, 2.05) is 48.5 Å². The van der Waals surface area contributed by atoms with Crippen molar-refractivity contribution in [2.24, 2.45) is 0 Å². The number of hydrogen-bond donors (Lipinski definition) is 2. The van der Waals surface area contributed by atoms with Crippen molar-refractivity contribution in [1.82, 2.24) is 20.3 Å². The molecule has 8 nitrogen and oxygen atoms in total. The molecule has 0 aliphatic heterocycles. The van der Waals surface area contributed by atoms with E-state index in [0.717, 1.165) is 52.8 Å². The molecular weight excluding hydrogens is 396 g/mol. The van der Waals surface area contributed by atoms with Gasteiger partial charge < -0.3 is 4.74 Å². The van der Waals surface area contributed by atoms with Gasteiger partial charge in [-0.3, -0.25) is 14.6 Å². The number of carbonyl (C=O) groups is 1. The molecule has 2 aromatic carbocycles. The van der Waals surface area contributed by atoms with Crippen molar-refractivity contribution < 1.29 is 14.1 Å². The number of aryl methyl sites for hydroxylation is 1. The maximum Gasteiger partial charge on any atom is 0.439 e. The molecule has 158 valence electrons. The summed E-state index contributed by atoms with van der Waals surface area (Å²) in [5, 5.41) is 11.0. The SMILES string of the molecule is CCCCc1[nH]nc(C(=O)OC)c1-c1ccc(-c2ccccc2-c2noc(=O)[nH]2)cc1. The first-order valence-corrected chi connectivity index (χ1v) is 10.0. The molecule has 4 aromatic rings. The number of hydrogen-bond acceptors (Lipinski definition) is 6. The molecule has 2 aromatic heterocycles. The van der Waals surface area contributed by atoms with Gasteiger partial charge >= 0.3 is 11.7 Å². The van der Waals surface area contributed by atoms with Crippen LogP contribution < -0.4 is 5.76 Å². The number of rotatable bonds is 7. The predicted octanol–water partition coefficient (Wildman–Crippen LogP) is 4.22. The third-order valence-corrected chi connectivity index (χ3v) is 5.11. The van der Waals surface area contributed by atoms with Gasteiger partial charge in [0.25, 0.3) is 0 Å². The van der Waals surface area contributed by atoms with Crippen molar-refractivity contribution >= 4 is 5.97 Å². The van der Waals surface area contributed by atoms with Crippen molar-refractivity contribution in [3.8, 4) is 33.6 Å². The average Bonchev–Trinajstić information content (AvgIpc) is 3.43. The lowest BCUT2D eigenvalue weighted by Gasteiger charge is -2.09. The number of aromatic amines is 2. The Kier molecular flexibility index (Phi) is 5.79. The Balaban J connectivity index is 1.75. The number of aromatic nitrogens is 4. The zero-order valence-corrected chi connectivity index (χ0v) is 17.3. The first-order chi connectivity index (χ1) is 15.1. The van der Waals surface area contributed by atoms with E-state index in [4.69, 9.17) is 4.74 Å². The third-order valence-electron chi connectivity index (χ3n) is 5.11. The number of methoxy groups -OCH3 is 1. The highest BCUT2D eigenvalue weighted by atomic mass is 16.5. The first kappa shape index (κ1) is 20.3. The van der Waals surface area contributed by atoms with Crippen LogP contribution >= 0.6 is 0 Å². The predicted molar refractivity (Wildman–Crippen MR) is 116 cm³/mol. The van der Waals surface area contributed by atoms with Crippen LogP contribution in [0.25, 0.3) is 33.6 Å². The second-order valence-electron chi connectivity index (χ2n) is 7.09. The molecule has 2 heterocycles. The molecule has 31 heavy (non-hydrogen) atoms. The maximum atomic E-state index is 12.2. The minimum Gasteiger partial charge on any atom is -0.464 e. The zero-order valence-electron chi connectivity index (χ0n) is 17.3. The number of H-pyrrole nitrogens is 2. The number of unbranched alkanes of at least 4 members (excludes halogenated alkanes) is 1. The molecule has 0 amide bonds. The Morgan fingerprint density at radius 1 is 1.06 bits per heavy atom. The molecule has 0 fully saturated rings. The van der Waals surface area contributed by atoms with Crippen LogP contribution in [0.15, 0.2) is 57.8 Å². The highest BCUT2D eigenvalue weighted by molar-refractivity contribution is 5.96. The summed E-state index contributed by atoms with van der Waals surface area (Å²) in [7, 11) is 1.35. The molecule has 0 atom stereocenters. The Labute approximate surface area is 178 Å². The third kappa shape index (κ3) is 4.05. The van der Waals surface area contributed by atoms with Crippen LogP contribution in [0.4, 0.5) is 0 Å². The first-order valence-electron chi connectivity index (χ1n) is 10.0. The van der Waals surface area contributed by atoms with Crippen LogP contribution in [0.2, 0.25) is 0 Å². The summed E-state index contributed by atoms with van der Waals surface area (Å²) in [6.07, 6.45) is 2.81. The summed E-state index contributed by atoms with van der Waals surface area (Å²) >= 11 is 0. The quantitative estimate of drug-likeness (QED) is 0.435. The second kappa shape index (κ2) is 8.83. The molecule has 0 saturated carbocycles. The molecule has 0 aliphatic carbocycles. The number of ether oxygens (including phenoxy) is 1. The molecule has 8 heteroatoms. The van der Waals surface area contributed by atoms with Crippen LogP contribution in [-0.4, -0.2) is 33.4 Å². The Morgan fingerprint density at radius 2 is 1.77 bits per heavy atom. The fraction of sp³-hybridized carbons (Fsp3) is 0.217. The molecule has 0 spiro atoms. The minimum atomic E-state index is -0.602. The van der Waals surface area contributed by atoms with Gasteiger partial charge in [-0.25, -0.2) is 9.59 Å². The summed E-state index contributed by atoms with van der Waals surface area (Å²) in [6.45, 7) is 2.12. The number of nitrogens with zero attached hydrogens (tertiary/aromatic N) is 2. The molecule has 0 saturated heterocycles. The van der Waals surface area contributed by atoms with Gasteiger partial charge in [-0.1, -0.05) is 67.0 Å². The molecule has 0 aliphatic rings. The molecule has 0 radical (unpaired) electrons. The lowest BCUT2D eigenvalue weighted by atomic mass is 9.95. The summed E-state index contributed by atoms with van der Waals surface area (Å²) in [5.74, 6) is -0.706. The van der Waals surface area contributed by atoms with E-state index >= 15 is 0 Å². The van der Waals surface area contributed by atoms with E-state index in [0.29, 0.717) is 5.82 Å². The standard InChI is InChI=1S/C23H22N4O4/c1-3-4-9-18-19(20(26-25-18)22(28)30-2)15-12-10-14(11-13-15)16-7-5-6-8-17(16)21-24-23(29)31-27-21/h5-8,10-13H,3-4,9H2,1-2H3,(H,25,26)(H,24,27,29). The van der Waals surface area contributed by atoms with Crippen molar-refractivity contribution in [1.29, 1.82) is 0 Å². The van der Waals surface area contributed by atoms with Crippen LogP contribution in [0.5, 0.6) is 0 Å². The maximum absolute atomic E-state index is 12.2. The van der Waals surface area contributed by atoms with Crippen LogP contribution in [0.1, 0.15) is 35.9 Å². The molecular formula is C23H22N4O4. The molecule has 0 bridgehead atoms. The monoisotopic (exact) mass is 418 g/mol. The van der Waals surface area contributed by atoms with Crippen LogP contribution in [-0.2, 0) is 11.2 Å². The highest BCUT2D eigenvalue weighted by Crippen LogP contribution is 2.33.